The van der Waals surface area contributed by atoms with Crippen molar-refractivity contribution in [2.75, 3.05) is 6.54 Å². The zero-order chi connectivity index (χ0) is 14.6. The summed E-state index contributed by atoms with van der Waals surface area (Å²) < 4.78 is 27.0. The first kappa shape index (κ1) is 14.3. The third-order valence-electron chi connectivity index (χ3n) is 2.84. The fourth-order valence-corrected chi connectivity index (χ4v) is 3.13. The Labute approximate surface area is 117 Å². The fraction of sp³-hybridized carbons (Fsp3) is 0.154. The molecule has 0 spiro atoms. The third kappa shape index (κ3) is 3.06. The molecule has 0 fully saturated rings. The summed E-state index contributed by atoms with van der Waals surface area (Å²) in [4.78, 5) is 0.218. The van der Waals surface area contributed by atoms with Crippen LogP contribution in [0.3, 0.4) is 0 Å². The number of hydrogen-bond donors (Lipinski definition) is 3. The van der Waals surface area contributed by atoms with Gasteiger partial charge in [-0.1, -0.05) is 41.6 Å². The van der Waals surface area contributed by atoms with Gasteiger partial charge in [-0.05, 0) is 11.5 Å². The van der Waals surface area contributed by atoms with E-state index in [-0.39, 0.29) is 23.7 Å². The largest absolute Gasteiger partial charge is 0.409 e. The van der Waals surface area contributed by atoms with Gasteiger partial charge in [0.2, 0.25) is 10.0 Å². The summed E-state index contributed by atoms with van der Waals surface area (Å²) in [6.45, 7) is 0.0709. The van der Waals surface area contributed by atoms with E-state index in [0.717, 1.165) is 5.39 Å². The van der Waals surface area contributed by atoms with Crippen LogP contribution in [-0.4, -0.2) is 26.0 Å². The lowest BCUT2D eigenvalue weighted by Crippen LogP contribution is -2.28. The highest BCUT2D eigenvalue weighted by Crippen LogP contribution is 2.22. The number of nitrogens with two attached hydrogens (primary N) is 1. The SMILES string of the molecule is N/C(CCNS(=O)(=O)c1cccc2ccccc12)=N/O. The van der Waals surface area contributed by atoms with E-state index < -0.39 is 10.0 Å². The molecule has 106 valence electrons. The van der Waals surface area contributed by atoms with Crippen LogP contribution >= 0.6 is 0 Å². The molecule has 0 aliphatic heterocycles. The van der Waals surface area contributed by atoms with Crippen molar-refractivity contribution in [2.45, 2.75) is 11.3 Å². The second-order valence-electron chi connectivity index (χ2n) is 4.22. The molecule has 6 nitrogen and oxygen atoms in total. The molecule has 2 aromatic rings. The maximum Gasteiger partial charge on any atom is 0.241 e. The Morgan fingerprint density at radius 3 is 2.65 bits per heavy atom. The Bertz CT molecular complexity index is 736. The molecule has 0 aromatic heterocycles. The predicted molar refractivity (Wildman–Crippen MR) is 77.2 cm³/mol. The van der Waals surface area contributed by atoms with E-state index in [1.54, 1.807) is 24.3 Å². The Kier molecular flexibility index (Phi) is 4.21. The Hall–Kier alpha value is -2.12. The zero-order valence-electron chi connectivity index (χ0n) is 10.7. The Morgan fingerprint density at radius 2 is 1.90 bits per heavy atom. The van der Waals surface area contributed by atoms with Crippen molar-refractivity contribution in [2.24, 2.45) is 10.9 Å². The van der Waals surface area contributed by atoms with Crippen LogP contribution in [0.25, 0.3) is 10.8 Å². The smallest absolute Gasteiger partial charge is 0.241 e. The van der Waals surface area contributed by atoms with Crippen LogP contribution in [0.4, 0.5) is 0 Å². The molecule has 0 saturated heterocycles. The highest BCUT2D eigenvalue weighted by atomic mass is 32.2. The van der Waals surface area contributed by atoms with Crippen molar-refractivity contribution in [3.63, 3.8) is 0 Å². The second kappa shape index (κ2) is 5.89. The summed E-state index contributed by atoms with van der Waals surface area (Å²) in [6.07, 6.45) is 0.139. The average Bonchev–Trinajstić information content (AvgIpc) is 2.46. The molecule has 2 rings (SSSR count). The highest BCUT2D eigenvalue weighted by Gasteiger charge is 2.16. The summed E-state index contributed by atoms with van der Waals surface area (Å²) in [5.74, 6) is -0.0226. The monoisotopic (exact) mass is 293 g/mol. The molecule has 0 amide bonds. The van der Waals surface area contributed by atoms with E-state index in [9.17, 15) is 8.42 Å². The molecular formula is C13H15N3O3S. The minimum Gasteiger partial charge on any atom is -0.409 e. The van der Waals surface area contributed by atoms with Gasteiger partial charge >= 0.3 is 0 Å². The minimum atomic E-state index is -3.63. The molecule has 0 heterocycles. The summed E-state index contributed by atoms with van der Waals surface area (Å²) in [7, 11) is -3.63. The summed E-state index contributed by atoms with van der Waals surface area (Å²) in [5, 5.41) is 12.7. The van der Waals surface area contributed by atoms with Crippen LogP contribution in [0.1, 0.15) is 6.42 Å². The molecule has 0 unspecified atom stereocenters. The summed E-state index contributed by atoms with van der Waals surface area (Å²) in [5.41, 5.74) is 5.30. The van der Waals surface area contributed by atoms with Gasteiger partial charge < -0.3 is 10.9 Å². The number of amidine groups is 1. The predicted octanol–water partition coefficient (Wildman–Crippen LogP) is 1.25. The van der Waals surface area contributed by atoms with Crippen molar-refractivity contribution < 1.29 is 13.6 Å². The number of benzene rings is 2. The molecule has 0 aliphatic rings. The van der Waals surface area contributed by atoms with Gasteiger partial charge in [-0.15, -0.1) is 0 Å². The summed E-state index contributed by atoms with van der Waals surface area (Å²) in [6, 6.07) is 12.3. The van der Waals surface area contributed by atoms with E-state index in [4.69, 9.17) is 10.9 Å². The van der Waals surface area contributed by atoms with Crippen LogP contribution in [0, 0.1) is 0 Å². The van der Waals surface area contributed by atoms with Crippen molar-refractivity contribution in [3.05, 3.63) is 42.5 Å². The molecular weight excluding hydrogens is 278 g/mol. The molecule has 0 bridgehead atoms. The maximum atomic E-state index is 12.3. The molecule has 0 atom stereocenters. The standard InChI is InChI=1S/C13H15N3O3S/c14-13(16-17)8-9-15-20(18,19)12-7-3-5-10-4-1-2-6-11(10)12/h1-7,15,17H,8-9H2,(H2,14,16). The fourth-order valence-electron chi connectivity index (χ4n) is 1.87. The van der Waals surface area contributed by atoms with Gasteiger partial charge in [0.1, 0.15) is 5.84 Å². The number of hydrogen-bond acceptors (Lipinski definition) is 4. The lowest BCUT2D eigenvalue weighted by atomic mass is 10.1. The van der Waals surface area contributed by atoms with E-state index >= 15 is 0 Å². The Morgan fingerprint density at radius 1 is 1.20 bits per heavy atom. The number of nitrogens with one attached hydrogen (secondary N) is 1. The quantitative estimate of drug-likeness (QED) is 0.334. The van der Waals surface area contributed by atoms with Crippen LogP contribution in [0.15, 0.2) is 52.5 Å². The van der Waals surface area contributed by atoms with Gasteiger partial charge in [-0.25, -0.2) is 13.1 Å². The molecule has 0 aliphatic carbocycles. The van der Waals surface area contributed by atoms with Crippen molar-refractivity contribution in [1.82, 2.24) is 4.72 Å². The van der Waals surface area contributed by atoms with Gasteiger partial charge in [0.15, 0.2) is 0 Å². The molecule has 0 saturated carbocycles. The van der Waals surface area contributed by atoms with E-state index in [0.29, 0.717) is 5.39 Å². The van der Waals surface area contributed by atoms with Crippen LogP contribution in [-0.2, 0) is 10.0 Å². The highest BCUT2D eigenvalue weighted by molar-refractivity contribution is 7.89. The van der Waals surface area contributed by atoms with Crippen LogP contribution < -0.4 is 10.5 Å². The van der Waals surface area contributed by atoms with E-state index in [2.05, 4.69) is 9.88 Å². The number of fused-ring (bicyclic) bond motifs is 1. The molecule has 0 radical (unpaired) electrons. The molecule has 4 N–H and O–H groups in total. The van der Waals surface area contributed by atoms with Gasteiger partial charge in [-0.3, -0.25) is 0 Å². The minimum absolute atomic E-state index is 0.0226. The molecule has 2 aromatic carbocycles. The van der Waals surface area contributed by atoms with E-state index in [1.165, 1.54) is 0 Å². The van der Waals surface area contributed by atoms with Gasteiger partial charge in [0.05, 0.1) is 4.90 Å². The number of oxime groups is 1. The number of nitrogens with zero attached hydrogens (tertiary/aromatic N) is 1. The molecule has 7 heteroatoms. The van der Waals surface area contributed by atoms with Gasteiger partial charge in [0, 0.05) is 18.4 Å². The first-order chi connectivity index (χ1) is 9.54. The van der Waals surface area contributed by atoms with Crippen molar-refractivity contribution >= 4 is 26.6 Å². The van der Waals surface area contributed by atoms with E-state index in [1.807, 2.05) is 18.2 Å². The number of sulfonamides is 1. The van der Waals surface area contributed by atoms with Crippen LogP contribution in [0.5, 0.6) is 0 Å². The third-order valence-corrected chi connectivity index (χ3v) is 4.36. The van der Waals surface area contributed by atoms with Crippen molar-refractivity contribution in [1.29, 1.82) is 0 Å². The van der Waals surface area contributed by atoms with Crippen LogP contribution in [0.2, 0.25) is 0 Å². The number of rotatable bonds is 5. The lowest BCUT2D eigenvalue weighted by Gasteiger charge is -2.09. The van der Waals surface area contributed by atoms with Gasteiger partial charge in [0.25, 0.3) is 0 Å². The topological polar surface area (TPSA) is 105 Å². The first-order valence-corrected chi connectivity index (χ1v) is 7.47. The van der Waals surface area contributed by atoms with Crippen molar-refractivity contribution in [3.8, 4) is 0 Å². The zero-order valence-corrected chi connectivity index (χ0v) is 11.5. The molecule has 20 heavy (non-hydrogen) atoms. The second-order valence-corrected chi connectivity index (χ2v) is 5.95. The Balaban J connectivity index is 2.28. The lowest BCUT2D eigenvalue weighted by molar-refractivity contribution is 0.317. The first-order valence-electron chi connectivity index (χ1n) is 5.98. The normalized spacial score (nSPS) is 12.7. The average molecular weight is 293 g/mol. The van der Waals surface area contributed by atoms with Gasteiger partial charge in [-0.2, -0.15) is 0 Å². The maximum absolute atomic E-state index is 12.3. The summed E-state index contributed by atoms with van der Waals surface area (Å²) >= 11 is 0.